The topological polar surface area (TPSA) is 206 Å². The van der Waals surface area contributed by atoms with Crippen LogP contribution in [0.3, 0.4) is 0 Å². The van der Waals surface area contributed by atoms with E-state index in [0.29, 0.717) is 104 Å². The Balaban J connectivity index is 0.729. The summed E-state index contributed by atoms with van der Waals surface area (Å²) in [5.41, 5.74) is 8.43. The molecular formula is C61H65N7O10. The molecule has 0 spiro atoms. The van der Waals surface area contributed by atoms with E-state index in [9.17, 15) is 33.6 Å². The molecule has 78 heavy (non-hydrogen) atoms. The lowest BCUT2D eigenvalue weighted by molar-refractivity contribution is -0.137. The summed E-state index contributed by atoms with van der Waals surface area (Å²) >= 11 is 0. The van der Waals surface area contributed by atoms with E-state index < -0.39 is 12.0 Å². The van der Waals surface area contributed by atoms with Gasteiger partial charge in [0.05, 0.1) is 61.0 Å². The van der Waals surface area contributed by atoms with Crippen molar-refractivity contribution < 1.29 is 47.8 Å². The molecule has 9 rings (SSSR count). The largest absolute Gasteiger partial charge is 0.493 e. The number of unbranched alkanes of at least 4 members (excludes halogenated alkanes) is 2. The summed E-state index contributed by atoms with van der Waals surface area (Å²) in [5, 5.41) is 5.75. The highest BCUT2D eigenvalue weighted by Crippen LogP contribution is 2.41. The van der Waals surface area contributed by atoms with Crippen molar-refractivity contribution in [1.29, 1.82) is 0 Å². The summed E-state index contributed by atoms with van der Waals surface area (Å²) in [6.45, 7) is 10.2. The quantitative estimate of drug-likeness (QED) is 0.0564. The number of hydrogen-bond donors (Lipinski definition) is 2. The second-order valence-corrected chi connectivity index (χ2v) is 20.8. The average Bonchev–Trinajstić information content (AvgIpc) is 4.24. The molecule has 4 unspecified atom stereocenters. The Morgan fingerprint density at radius 1 is 0.679 bits per heavy atom. The number of imide groups is 1. The van der Waals surface area contributed by atoms with Crippen LogP contribution in [-0.4, -0.2) is 113 Å². The van der Waals surface area contributed by atoms with E-state index >= 15 is 0 Å². The summed E-state index contributed by atoms with van der Waals surface area (Å²) in [4.78, 5) is 105. The van der Waals surface area contributed by atoms with Crippen LogP contribution in [0.25, 0.3) is 11.1 Å². The van der Waals surface area contributed by atoms with Gasteiger partial charge in [-0.05, 0) is 84.7 Å². The summed E-state index contributed by atoms with van der Waals surface area (Å²) in [6, 6.07) is 21.4. The van der Waals surface area contributed by atoms with Crippen LogP contribution >= 0.6 is 0 Å². The van der Waals surface area contributed by atoms with Gasteiger partial charge in [-0.15, -0.1) is 0 Å². The monoisotopic (exact) mass is 1060 g/mol. The maximum atomic E-state index is 14.1. The first kappa shape index (κ1) is 54.3. The first-order valence-corrected chi connectivity index (χ1v) is 26.7. The van der Waals surface area contributed by atoms with Gasteiger partial charge in [-0.1, -0.05) is 69.2 Å². The van der Waals surface area contributed by atoms with E-state index in [2.05, 4.69) is 34.9 Å². The molecule has 5 aliphatic rings. The van der Waals surface area contributed by atoms with E-state index in [4.69, 9.17) is 24.2 Å². The molecule has 0 saturated heterocycles. The maximum Gasteiger partial charge on any atom is 0.260 e. The molecule has 17 nitrogen and oxygen atoms in total. The Hall–Kier alpha value is -8.47. The minimum atomic E-state index is -0.751. The minimum Gasteiger partial charge on any atom is -0.493 e. The number of carbonyl (C=O) groups excluding carboxylic acids is 7. The summed E-state index contributed by atoms with van der Waals surface area (Å²) in [6.07, 6.45) is 13.5. The first-order chi connectivity index (χ1) is 37.5. The van der Waals surface area contributed by atoms with Gasteiger partial charge in [-0.25, -0.2) is 0 Å². The molecule has 0 radical (unpaired) electrons. The predicted molar refractivity (Wildman–Crippen MR) is 297 cm³/mol. The van der Waals surface area contributed by atoms with E-state index in [1.165, 1.54) is 22.6 Å². The van der Waals surface area contributed by atoms with Gasteiger partial charge in [0.1, 0.15) is 5.75 Å². The number of aliphatic imine (C=N–C) groups is 2. The lowest BCUT2D eigenvalue weighted by atomic mass is 9.92. The fraction of sp³-hybridized carbons (Fsp3) is 0.361. The normalized spacial score (nSPS) is 17.9. The zero-order valence-electron chi connectivity index (χ0n) is 44.9. The molecule has 4 atom stereocenters. The second-order valence-electron chi connectivity index (χ2n) is 20.8. The van der Waals surface area contributed by atoms with Gasteiger partial charge in [-0.3, -0.25) is 48.4 Å². The number of ketones is 1. The molecule has 404 valence electrons. The Kier molecular flexibility index (Phi) is 16.6. The van der Waals surface area contributed by atoms with Crippen LogP contribution in [-0.2, 0) is 24.0 Å². The van der Waals surface area contributed by atoms with E-state index in [-0.39, 0.29) is 72.1 Å². The summed E-state index contributed by atoms with van der Waals surface area (Å²) < 4.78 is 18.0. The molecule has 0 bridgehead atoms. The predicted octanol–water partition coefficient (Wildman–Crippen LogP) is 9.26. The third-order valence-corrected chi connectivity index (χ3v) is 14.7. The van der Waals surface area contributed by atoms with Gasteiger partial charge in [0, 0.05) is 99.4 Å². The summed E-state index contributed by atoms with van der Waals surface area (Å²) in [7, 11) is 1.54. The van der Waals surface area contributed by atoms with Crippen molar-refractivity contribution in [2.45, 2.75) is 104 Å². The maximum absolute atomic E-state index is 14.1. The highest BCUT2D eigenvalue weighted by atomic mass is 16.5. The zero-order chi connectivity index (χ0) is 55.2. The highest BCUT2D eigenvalue weighted by Gasteiger charge is 2.36. The number of ether oxygens (including phenoxy) is 3. The van der Waals surface area contributed by atoms with Gasteiger partial charge in [0.15, 0.2) is 17.3 Å². The average molecular weight is 1060 g/mol. The van der Waals surface area contributed by atoms with E-state index in [0.717, 1.165) is 27.8 Å². The van der Waals surface area contributed by atoms with Crippen molar-refractivity contribution >= 4 is 81.9 Å². The number of anilines is 1. The van der Waals surface area contributed by atoms with Crippen LogP contribution < -0.4 is 24.8 Å². The number of carbonyl (C=O) groups is 7. The Morgan fingerprint density at radius 3 is 1.83 bits per heavy atom. The number of nitrogens with zero attached hydrogens (tertiary/aromatic N) is 5. The molecule has 4 aromatic rings. The standard InChI is InChI=1S/C61H65N7O10/c1-36(2)58(65-55(70)11-8-7-9-22-66-56(71)20-21-57(66)72)51(69)26-39(5)59(73)64-44-18-16-41(17-19-44)43-28-45-32-62-49-30-52(38(4)25-47(49)60(74)67(45)35-43)77-23-10-24-78-54-31-50-48(29-53(54)76-6)61(75)68-34-42(27-46(68)33-63-50)40-14-12-37(3)13-15-40/h12-21,25,29-36,39,45-46,58H,7-11,22-24,26-28H2,1-6H3,(H,64,73)(H,65,70). The van der Waals surface area contributed by atoms with E-state index in [1.807, 2.05) is 64.5 Å². The van der Waals surface area contributed by atoms with Crippen LogP contribution in [0.4, 0.5) is 17.1 Å². The van der Waals surface area contributed by atoms with Gasteiger partial charge in [0.25, 0.3) is 23.6 Å². The van der Waals surface area contributed by atoms with Crippen LogP contribution in [0.15, 0.2) is 107 Å². The lowest BCUT2D eigenvalue weighted by Gasteiger charge is -2.23. The van der Waals surface area contributed by atoms with Crippen molar-refractivity contribution in [2.75, 3.05) is 32.2 Å². The second kappa shape index (κ2) is 23.8. The fourth-order valence-electron chi connectivity index (χ4n) is 10.1. The molecule has 2 N–H and O–H groups in total. The van der Waals surface area contributed by atoms with Crippen molar-refractivity contribution in [2.24, 2.45) is 21.8 Å². The lowest BCUT2D eigenvalue weighted by Crippen LogP contribution is -2.45. The molecule has 5 heterocycles. The molecule has 6 amide bonds. The van der Waals surface area contributed by atoms with Crippen LogP contribution in [0.5, 0.6) is 17.2 Å². The number of aryl methyl sites for hydroxylation is 2. The molecule has 0 aromatic heterocycles. The Bertz CT molecular complexity index is 3170. The molecule has 17 heteroatoms. The third kappa shape index (κ3) is 12.2. The van der Waals surface area contributed by atoms with Crippen LogP contribution in [0.1, 0.15) is 115 Å². The number of fused-ring (bicyclic) bond motifs is 4. The van der Waals surface area contributed by atoms with Gasteiger partial charge in [0.2, 0.25) is 11.8 Å². The van der Waals surface area contributed by atoms with Gasteiger partial charge in [-0.2, -0.15) is 0 Å². The highest BCUT2D eigenvalue weighted by molar-refractivity contribution is 6.13. The van der Waals surface area contributed by atoms with Gasteiger partial charge < -0.3 is 34.6 Å². The zero-order valence-corrected chi connectivity index (χ0v) is 44.9. The molecule has 0 saturated carbocycles. The molecule has 0 fully saturated rings. The van der Waals surface area contributed by atoms with Gasteiger partial charge >= 0.3 is 0 Å². The third-order valence-electron chi connectivity index (χ3n) is 14.7. The summed E-state index contributed by atoms with van der Waals surface area (Å²) in [5.74, 6) is -1.16. The number of hydrogen-bond acceptors (Lipinski definition) is 12. The number of methoxy groups -OCH3 is 1. The van der Waals surface area contributed by atoms with E-state index in [1.54, 1.807) is 60.4 Å². The molecular weight excluding hydrogens is 991 g/mol. The van der Waals surface area contributed by atoms with Crippen molar-refractivity contribution in [3.05, 3.63) is 131 Å². The molecule has 0 aliphatic carbocycles. The minimum absolute atomic E-state index is 0.0589. The first-order valence-electron chi connectivity index (χ1n) is 26.7. The molecule has 5 aliphatic heterocycles. The van der Waals surface area contributed by atoms with Crippen molar-refractivity contribution in [1.82, 2.24) is 20.0 Å². The van der Waals surface area contributed by atoms with Crippen LogP contribution in [0, 0.1) is 25.7 Å². The number of rotatable bonds is 22. The number of nitrogens with one attached hydrogen (secondary N) is 2. The van der Waals surface area contributed by atoms with Crippen molar-refractivity contribution in [3.8, 4) is 17.2 Å². The van der Waals surface area contributed by atoms with Crippen LogP contribution in [0.2, 0.25) is 0 Å². The SMILES string of the molecule is COc1cc2c(cc1OCCCOc1cc3c(cc1C)C(=O)N1C=C(c4ccc(NC(=O)C(C)CC(=O)C(NC(=O)CCCCCN5C(=O)C=CC5=O)C(C)C)cc4)CC1C=N3)N=CC1CC(c3ccc(C)cc3)=CN1C2=O. The Morgan fingerprint density at radius 2 is 1.24 bits per heavy atom. The van der Waals surface area contributed by atoms with Crippen molar-refractivity contribution in [3.63, 3.8) is 0 Å². The fourth-order valence-corrected chi connectivity index (χ4v) is 10.1. The number of benzene rings is 4. The Labute approximate surface area is 454 Å². The number of amides is 6. The smallest absolute Gasteiger partial charge is 0.260 e. The number of Topliss-reactive ketones (excluding diaryl/α,β-unsaturated/α-hetero) is 1. The molecule has 4 aromatic carbocycles.